The summed E-state index contributed by atoms with van der Waals surface area (Å²) in [6.07, 6.45) is 0.492. The number of amides is 1. The Hall–Kier alpha value is -1.62. The van der Waals surface area contributed by atoms with E-state index in [0.29, 0.717) is 11.4 Å². The number of carbonyl (C=O) groups is 1. The van der Waals surface area contributed by atoms with Crippen molar-refractivity contribution < 1.29 is 13.2 Å². The van der Waals surface area contributed by atoms with E-state index in [-0.39, 0.29) is 23.8 Å². The zero-order valence-corrected chi connectivity index (χ0v) is 12.6. The van der Waals surface area contributed by atoms with Crippen LogP contribution in [-0.4, -0.2) is 31.2 Å². The summed E-state index contributed by atoms with van der Waals surface area (Å²) in [5.74, 6) is -1.12. The molecule has 1 amide bonds. The van der Waals surface area contributed by atoms with Crippen LogP contribution in [-0.2, 0) is 14.8 Å². The minimum atomic E-state index is -3.87. The predicted octanol–water partition coefficient (Wildman–Crippen LogP) is 1.12. The molecular formula is C13H14ClN3O3S. The number of rotatable bonds is 3. The Kier molecular flexibility index (Phi) is 4.52. The summed E-state index contributed by atoms with van der Waals surface area (Å²) < 4.78 is 26.3. The lowest BCUT2D eigenvalue weighted by Crippen LogP contribution is -2.52. The van der Waals surface area contributed by atoms with Gasteiger partial charge in [0.15, 0.2) is 0 Å². The van der Waals surface area contributed by atoms with Gasteiger partial charge in [0.2, 0.25) is 15.9 Å². The largest absolute Gasteiger partial charge is 0.368 e. The smallest absolute Gasteiger partial charge is 0.243 e. The number of nitrogens with zero attached hydrogens (tertiary/aromatic N) is 2. The van der Waals surface area contributed by atoms with E-state index in [9.17, 15) is 13.2 Å². The Labute approximate surface area is 128 Å². The molecule has 0 radical (unpaired) electrons. The SMILES string of the molecule is N#CC1CCN(S(=O)(=O)c2cccc(Cl)c2)C(C(N)=O)C1. The van der Waals surface area contributed by atoms with E-state index in [1.165, 1.54) is 18.2 Å². The van der Waals surface area contributed by atoms with Crippen molar-refractivity contribution >= 4 is 27.5 Å². The molecule has 2 unspecified atom stereocenters. The third-order valence-corrected chi connectivity index (χ3v) is 5.61. The van der Waals surface area contributed by atoms with Crippen LogP contribution in [0.2, 0.25) is 5.02 Å². The number of benzene rings is 1. The molecule has 2 rings (SSSR count). The van der Waals surface area contributed by atoms with Gasteiger partial charge < -0.3 is 5.73 Å². The van der Waals surface area contributed by atoms with Gasteiger partial charge in [0.1, 0.15) is 6.04 Å². The van der Waals surface area contributed by atoms with E-state index in [2.05, 4.69) is 6.07 Å². The number of sulfonamides is 1. The molecule has 6 nitrogen and oxygen atoms in total. The van der Waals surface area contributed by atoms with Gasteiger partial charge in [-0.1, -0.05) is 17.7 Å². The molecular weight excluding hydrogens is 314 g/mol. The van der Waals surface area contributed by atoms with Gasteiger partial charge in [0.25, 0.3) is 0 Å². The highest BCUT2D eigenvalue weighted by Crippen LogP contribution is 2.29. The molecule has 0 saturated carbocycles. The molecule has 1 heterocycles. The summed E-state index contributed by atoms with van der Waals surface area (Å²) in [4.78, 5) is 11.6. The van der Waals surface area contributed by atoms with Gasteiger partial charge >= 0.3 is 0 Å². The standard InChI is InChI=1S/C13H14ClN3O3S/c14-10-2-1-3-11(7-10)21(19,20)17-5-4-9(8-15)6-12(17)13(16)18/h1-3,7,9,12H,4-6H2,(H2,16,18). The second-order valence-corrected chi connectivity index (χ2v) is 7.17. The van der Waals surface area contributed by atoms with Gasteiger partial charge in [0, 0.05) is 17.5 Å². The average molecular weight is 328 g/mol. The van der Waals surface area contributed by atoms with E-state index >= 15 is 0 Å². The predicted molar refractivity (Wildman–Crippen MR) is 76.7 cm³/mol. The Balaban J connectivity index is 2.39. The van der Waals surface area contributed by atoms with Crippen molar-refractivity contribution in [2.45, 2.75) is 23.8 Å². The minimum Gasteiger partial charge on any atom is -0.368 e. The fourth-order valence-corrected chi connectivity index (χ4v) is 4.29. The molecule has 1 aliphatic heterocycles. The summed E-state index contributed by atoms with van der Waals surface area (Å²) in [5, 5.41) is 9.24. The molecule has 0 spiro atoms. The number of primary amides is 1. The third-order valence-electron chi connectivity index (χ3n) is 3.47. The quantitative estimate of drug-likeness (QED) is 0.898. The lowest BCUT2D eigenvalue weighted by atomic mass is 9.93. The van der Waals surface area contributed by atoms with Crippen LogP contribution in [0, 0.1) is 17.2 Å². The van der Waals surface area contributed by atoms with Crippen LogP contribution >= 0.6 is 11.6 Å². The maximum Gasteiger partial charge on any atom is 0.243 e. The van der Waals surface area contributed by atoms with Crippen LogP contribution in [0.15, 0.2) is 29.2 Å². The number of nitriles is 1. The van der Waals surface area contributed by atoms with E-state index < -0.39 is 22.0 Å². The van der Waals surface area contributed by atoms with Crippen LogP contribution in [0.5, 0.6) is 0 Å². The molecule has 8 heteroatoms. The second-order valence-electron chi connectivity index (χ2n) is 4.84. The van der Waals surface area contributed by atoms with Crippen LogP contribution in [0.4, 0.5) is 0 Å². The van der Waals surface area contributed by atoms with Gasteiger partial charge in [-0.05, 0) is 31.0 Å². The average Bonchev–Trinajstić information content (AvgIpc) is 2.46. The second kappa shape index (κ2) is 6.02. The molecule has 2 N–H and O–H groups in total. The lowest BCUT2D eigenvalue weighted by molar-refractivity contribution is -0.122. The van der Waals surface area contributed by atoms with Gasteiger partial charge in [-0.25, -0.2) is 8.42 Å². The van der Waals surface area contributed by atoms with Crippen molar-refractivity contribution in [3.8, 4) is 6.07 Å². The molecule has 1 aromatic carbocycles. The normalized spacial score (nSPS) is 23.4. The molecule has 0 bridgehead atoms. The maximum atomic E-state index is 12.6. The number of hydrogen-bond acceptors (Lipinski definition) is 4. The highest BCUT2D eigenvalue weighted by molar-refractivity contribution is 7.89. The number of halogens is 1. The summed E-state index contributed by atoms with van der Waals surface area (Å²) in [6.45, 7) is 0.0840. The molecule has 1 saturated heterocycles. The van der Waals surface area contributed by atoms with E-state index in [0.717, 1.165) is 4.31 Å². The Bertz CT molecular complexity index is 699. The molecule has 1 fully saturated rings. The molecule has 0 aliphatic carbocycles. The Morgan fingerprint density at radius 2 is 2.19 bits per heavy atom. The monoisotopic (exact) mass is 327 g/mol. The van der Waals surface area contributed by atoms with Crippen molar-refractivity contribution in [2.24, 2.45) is 11.7 Å². The van der Waals surface area contributed by atoms with E-state index in [4.69, 9.17) is 22.6 Å². The van der Waals surface area contributed by atoms with E-state index in [1.54, 1.807) is 6.07 Å². The topological polar surface area (TPSA) is 104 Å². The van der Waals surface area contributed by atoms with Gasteiger partial charge in [-0.15, -0.1) is 0 Å². The number of piperidine rings is 1. The number of carbonyl (C=O) groups excluding carboxylic acids is 1. The third kappa shape index (κ3) is 3.18. The zero-order chi connectivity index (χ0) is 15.6. The van der Waals surface area contributed by atoms with Crippen LogP contribution in [0.3, 0.4) is 0 Å². The van der Waals surface area contributed by atoms with Gasteiger partial charge in [0.05, 0.1) is 11.0 Å². The fourth-order valence-electron chi connectivity index (χ4n) is 2.37. The Morgan fingerprint density at radius 1 is 1.48 bits per heavy atom. The first-order valence-electron chi connectivity index (χ1n) is 6.32. The summed E-state index contributed by atoms with van der Waals surface area (Å²) >= 11 is 5.82. The summed E-state index contributed by atoms with van der Waals surface area (Å²) in [6, 6.07) is 6.88. The first-order valence-corrected chi connectivity index (χ1v) is 8.14. The number of hydrogen-bond donors (Lipinski definition) is 1. The first-order chi connectivity index (χ1) is 9.86. The Morgan fingerprint density at radius 3 is 2.76 bits per heavy atom. The van der Waals surface area contributed by atoms with Crippen LogP contribution in [0.25, 0.3) is 0 Å². The van der Waals surface area contributed by atoms with Crippen molar-refractivity contribution in [2.75, 3.05) is 6.54 Å². The van der Waals surface area contributed by atoms with E-state index in [1.807, 2.05) is 0 Å². The molecule has 1 aliphatic rings. The van der Waals surface area contributed by atoms with Crippen molar-refractivity contribution in [1.82, 2.24) is 4.31 Å². The maximum absolute atomic E-state index is 12.6. The van der Waals surface area contributed by atoms with Crippen molar-refractivity contribution in [1.29, 1.82) is 5.26 Å². The first kappa shape index (κ1) is 15.8. The van der Waals surface area contributed by atoms with Crippen LogP contribution in [0.1, 0.15) is 12.8 Å². The highest BCUT2D eigenvalue weighted by Gasteiger charge is 2.39. The molecule has 1 aromatic rings. The summed E-state index contributed by atoms with van der Waals surface area (Å²) in [5.41, 5.74) is 5.30. The highest BCUT2D eigenvalue weighted by atomic mass is 35.5. The lowest BCUT2D eigenvalue weighted by Gasteiger charge is -2.34. The fraction of sp³-hybridized carbons (Fsp3) is 0.385. The van der Waals surface area contributed by atoms with Gasteiger partial charge in [-0.2, -0.15) is 9.57 Å². The molecule has 21 heavy (non-hydrogen) atoms. The van der Waals surface area contributed by atoms with Gasteiger partial charge in [-0.3, -0.25) is 4.79 Å². The zero-order valence-electron chi connectivity index (χ0n) is 11.1. The molecule has 0 aromatic heterocycles. The summed E-state index contributed by atoms with van der Waals surface area (Å²) in [7, 11) is -3.87. The van der Waals surface area contributed by atoms with Crippen molar-refractivity contribution in [3.05, 3.63) is 29.3 Å². The van der Waals surface area contributed by atoms with Crippen molar-refractivity contribution in [3.63, 3.8) is 0 Å². The van der Waals surface area contributed by atoms with Crippen LogP contribution < -0.4 is 5.73 Å². The molecule has 2 atom stereocenters. The number of nitrogens with two attached hydrogens (primary N) is 1. The minimum absolute atomic E-state index is 0.0108. The molecule has 112 valence electrons.